The molecule has 0 unspecified atom stereocenters. The van der Waals surface area contributed by atoms with Crippen LogP contribution < -0.4 is 5.32 Å². The van der Waals surface area contributed by atoms with E-state index in [9.17, 15) is 9.59 Å². The van der Waals surface area contributed by atoms with Crippen molar-refractivity contribution in [3.8, 4) is 0 Å². The number of para-hydroxylation sites is 1. The summed E-state index contributed by atoms with van der Waals surface area (Å²) in [5.41, 5.74) is 0.951. The van der Waals surface area contributed by atoms with Gasteiger partial charge in [0, 0.05) is 17.7 Å². The van der Waals surface area contributed by atoms with E-state index in [4.69, 9.17) is 0 Å². The van der Waals surface area contributed by atoms with E-state index in [0.29, 0.717) is 12.3 Å². The van der Waals surface area contributed by atoms with Crippen LogP contribution in [0.1, 0.15) is 0 Å². The first-order valence-electron chi connectivity index (χ1n) is 6.31. The van der Waals surface area contributed by atoms with E-state index < -0.39 is 0 Å². The number of imide groups is 1. The second-order valence-corrected chi connectivity index (χ2v) is 5.51. The van der Waals surface area contributed by atoms with Crippen LogP contribution in [0.3, 0.4) is 0 Å². The second-order valence-electron chi connectivity index (χ2n) is 4.39. The third-order valence-electron chi connectivity index (χ3n) is 3.07. The highest BCUT2D eigenvalue weighted by molar-refractivity contribution is 7.99. The van der Waals surface area contributed by atoms with Crippen molar-refractivity contribution < 1.29 is 9.59 Å². The van der Waals surface area contributed by atoms with Crippen LogP contribution in [-0.2, 0) is 4.79 Å². The van der Waals surface area contributed by atoms with Crippen LogP contribution in [0.15, 0.2) is 41.4 Å². The molecule has 0 atom stereocenters. The van der Waals surface area contributed by atoms with Gasteiger partial charge in [-0.3, -0.25) is 9.69 Å². The van der Waals surface area contributed by atoms with E-state index in [2.05, 4.69) is 10.3 Å². The second kappa shape index (κ2) is 5.50. The minimum absolute atomic E-state index is 0.109. The highest BCUT2D eigenvalue weighted by atomic mass is 32.2. The molecule has 0 saturated carbocycles. The maximum absolute atomic E-state index is 11.4. The van der Waals surface area contributed by atoms with Gasteiger partial charge < -0.3 is 5.32 Å². The molecular weight excluding hydrogens is 274 g/mol. The number of aromatic nitrogens is 1. The van der Waals surface area contributed by atoms with Crippen LogP contribution in [0.2, 0.25) is 0 Å². The summed E-state index contributed by atoms with van der Waals surface area (Å²) in [7, 11) is 0. The summed E-state index contributed by atoms with van der Waals surface area (Å²) in [5.74, 6) is 0.479. The Bertz CT molecular complexity index is 658. The Labute approximate surface area is 120 Å². The molecule has 2 heterocycles. The fourth-order valence-corrected chi connectivity index (χ4v) is 2.86. The van der Waals surface area contributed by atoms with E-state index >= 15 is 0 Å². The van der Waals surface area contributed by atoms with Crippen LogP contribution in [0.25, 0.3) is 10.9 Å². The van der Waals surface area contributed by atoms with E-state index in [-0.39, 0.29) is 18.5 Å². The lowest BCUT2D eigenvalue weighted by molar-refractivity contribution is -0.124. The van der Waals surface area contributed by atoms with Crippen LogP contribution in [0, 0.1) is 0 Å². The molecular formula is C14H13N3O2S. The van der Waals surface area contributed by atoms with Crippen molar-refractivity contribution in [3.63, 3.8) is 0 Å². The standard InChI is InChI=1S/C14H13N3O2S/c18-13-9-15-14(19)17(13)7-8-20-12-6-5-10-3-1-2-4-11(10)16-12/h1-6H,7-9H2,(H,15,19). The Morgan fingerprint density at radius 1 is 1.20 bits per heavy atom. The third-order valence-corrected chi connectivity index (χ3v) is 3.98. The summed E-state index contributed by atoms with van der Waals surface area (Å²) < 4.78 is 0. The van der Waals surface area contributed by atoms with Gasteiger partial charge in [-0.05, 0) is 12.1 Å². The number of thioether (sulfide) groups is 1. The fraction of sp³-hybridized carbons (Fsp3) is 0.214. The summed E-state index contributed by atoms with van der Waals surface area (Å²) in [6, 6.07) is 11.6. The van der Waals surface area contributed by atoms with E-state index in [1.54, 1.807) is 11.8 Å². The van der Waals surface area contributed by atoms with Crippen LogP contribution in [0.5, 0.6) is 0 Å². The lowest BCUT2D eigenvalue weighted by Gasteiger charge is -2.11. The van der Waals surface area contributed by atoms with Gasteiger partial charge in [0.1, 0.15) is 0 Å². The third kappa shape index (κ3) is 2.60. The minimum Gasteiger partial charge on any atom is -0.329 e. The number of carbonyl (C=O) groups excluding carboxylic acids is 2. The van der Waals surface area contributed by atoms with Gasteiger partial charge in [-0.25, -0.2) is 9.78 Å². The topological polar surface area (TPSA) is 62.3 Å². The van der Waals surface area contributed by atoms with Gasteiger partial charge in [0.2, 0.25) is 5.91 Å². The average molecular weight is 287 g/mol. The van der Waals surface area contributed by atoms with Crippen LogP contribution >= 0.6 is 11.8 Å². The minimum atomic E-state index is -0.304. The Morgan fingerprint density at radius 3 is 2.85 bits per heavy atom. The molecule has 6 heteroatoms. The molecule has 1 aliphatic heterocycles. The Hall–Kier alpha value is -2.08. The molecule has 0 bridgehead atoms. The summed E-state index contributed by atoms with van der Waals surface area (Å²) in [4.78, 5) is 28.6. The molecule has 1 fully saturated rings. The van der Waals surface area contributed by atoms with Crippen molar-refractivity contribution in [2.75, 3.05) is 18.8 Å². The van der Waals surface area contributed by atoms with E-state index in [1.807, 2.05) is 36.4 Å². The Morgan fingerprint density at radius 2 is 2.05 bits per heavy atom. The van der Waals surface area contributed by atoms with Crippen LogP contribution in [0.4, 0.5) is 4.79 Å². The first kappa shape index (κ1) is 12.9. The van der Waals surface area contributed by atoms with Gasteiger partial charge in [0.05, 0.1) is 17.1 Å². The van der Waals surface area contributed by atoms with Crippen molar-refractivity contribution in [3.05, 3.63) is 36.4 Å². The van der Waals surface area contributed by atoms with Crippen molar-refractivity contribution in [2.24, 2.45) is 0 Å². The molecule has 1 aromatic heterocycles. The lowest BCUT2D eigenvalue weighted by Crippen LogP contribution is -2.32. The number of hydrogen-bond donors (Lipinski definition) is 1. The molecule has 0 spiro atoms. The lowest BCUT2D eigenvalue weighted by atomic mass is 10.2. The van der Waals surface area contributed by atoms with Gasteiger partial charge in [-0.15, -0.1) is 11.8 Å². The highest BCUT2D eigenvalue weighted by Gasteiger charge is 2.27. The normalized spacial score (nSPS) is 14.9. The predicted molar refractivity (Wildman–Crippen MR) is 77.6 cm³/mol. The number of rotatable bonds is 4. The highest BCUT2D eigenvalue weighted by Crippen LogP contribution is 2.20. The fourth-order valence-electron chi connectivity index (χ4n) is 2.05. The molecule has 1 saturated heterocycles. The monoisotopic (exact) mass is 287 g/mol. The van der Waals surface area contributed by atoms with Crippen molar-refractivity contribution in [2.45, 2.75) is 5.03 Å². The number of urea groups is 1. The van der Waals surface area contributed by atoms with Crippen molar-refractivity contribution in [1.82, 2.24) is 15.2 Å². The number of nitrogens with one attached hydrogen (secondary N) is 1. The van der Waals surface area contributed by atoms with Gasteiger partial charge in [-0.1, -0.05) is 24.3 Å². The van der Waals surface area contributed by atoms with Gasteiger partial charge >= 0.3 is 6.03 Å². The zero-order valence-electron chi connectivity index (χ0n) is 10.7. The molecule has 5 nitrogen and oxygen atoms in total. The maximum atomic E-state index is 11.4. The van der Waals surface area contributed by atoms with Gasteiger partial charge in [0.15, 0.2) is 0 Å². The number of hydrogen-bond acceptors (Lipinski definition) is 4. The first-order valence-corrected chi connectivity index (χ1v) is 7.29. The van der Waals surface area contributed by atoms with Crippen LogP contribution in [-0.4, -0.2) is 40.7 Å². The van der Waals surface area contributed by atoms with Gasteiger partial charge in [-0.2, -0.15) is 0 Å². The largest absolute Gasteiger partial charge is 0.329 e. The molecule has 0 aliphatic carbocycles. The molecule has 3 amide bonds. The van der Waals surface area contributed by atoms with E-state index in [0.717, 1.165) is 15.9 Å². The molecule has 20 heavy (non-hydrogen) atoms. The molecule has 2 aromatic rings. The summed E-state index contributed by atoms with van der Waals surface area (Å²) in [6.45, 7) is 0.515. The number of benzene rings is 1. The number of amides is 3. The number of nitrogens with zero attached hydrogens (tertiary/aromatic N) is 2. The summed E-state index contributed by atoms with van der Waals surface area (Å²) in [5, 5.41) is 4.51. The molecule has 0 radical (unpaired) electrons. The quantitative estimate of drug-likeness (QED) is 0.689. The molecule has 1 N–H and O–H groups in total. The van der Waals surface area contributed by atoms with Crippen molar-refractivity contribution >= 4 is 34.6 Å². The number of pyridine rings is 1. The Kier molecular flexibility index (Phi) is 3.56. The average Bonchev–Trinajstić information content (AvgIpc) is 2.79. The zero-order valence-corrected chi connectivity index (χ0v) is 11.5. The maximum Gasteiger partial charge on any atom is 0.324 e. The summed E-state index contributed by atoms with van der Waals surface area (Å²) >= 11 is 1.54. The molecule has 102 valence electrons. The summed E-state index contributed by atoms with van der Waals surface area (Å²) in [6.07, 6.45) is 0. The first-order chi connectivity index (χ1) is 9.74. The Balaban J connectivity index is 1.62. The predicted octanol–water partition coefficient (Wildman–Crippen LogP) is 1.88. The SMILES string of the molecule is O=C1CNC(=O)N1CCSc1ccc2ccccc2n1. The van der Waals surface area contributed by atoms with Crippen molar-refractivity contribution in [1.29, 1.82) is 0 Å². The number of fused-ring (bicyclic) bond motifs is 1. The van der Waals surface area contributed by atoms with E-state index in [1.165, 1.54) is 4.90 Å². The molecule has 3 rings (SSSR count). The smallest absolute Gasteiger partial charge is 0.324 e. The molecule has 1 aromatic carbocycles. The zero-order chi connectivity index (χ0) is 13.9. The number of carbonyl (C=O) groups is 2. The van der Waals surface area contributed by atoms with Gasteiger partial charge in [0.25, 0.3) is 0 Å². The molecule has 1 aliphatic rings.